The standard InChI is InChI=1S/C13H19N3O4S/c1-13(2,11(17)20-3)10-7-8-14-12(15-10)16-21(18,19)9-5-4-6-9/h7-9H,4-6H2,1-3H3,(H,14,15,16). The Morgan fingerprint density at radius 3 is 2.62 bits per heavy atom. The van der Waals surface area contributed by atoms with Crippen LogP contribution < -0.4 is 4.72 Å². The summed E-state index contributed by atoms with van der Waals surface area (Å²) in [7, 11) is -2.16. The summed E-state index contributed by atoms with van der Waals surface area (Å²) in [6.45, 7) is 3.32. The van der Waals surface area contributed by atoms with Gasteiger partial charge in [-0.05, 0) is 32.8 Å². The van der Waals surface area contributed by atoms with Gasteiger partial charge in [-0.3, -0.25) is 9.52 Å². The van der Waals surface area contributed by atoms with Crippen LogP contribution in [0.5, 0.6) is 0 Å². The maximum atomic E-state index is 12.1. The average Bonchev–Trinajstić information content (AvgIpc) is 2.34. The average molecular weight is 313 g/mol. The van der Waals surface area contributed by atoms with Crippen LogP contribution in [0.1, 0.15) is 38.8 Å². The van der Waals surface area contributed by atoms with Crippen LogP contribution in [0.4, 0.5) is 5.95 Å². The lowest BCUT2D eigenvalue weighted by molar-refractivity contribution is -0.146. The van der Waals surface area contributed by atoms with E-state index in [1.54, 1.807) is 19.9 Å². The number of hydrogen-bond donors (Lipinski definition) is 1. The van der Waals surface area contributed by atoms with Crippen LogP contribution in [0.25, 0.3) is 0 Å². The molecular formula is C13H19N3O4S. The number of ether oxygens (including phenoxy) is 1. The van der Waals surface area contributed by atoms with Gasteiger partial charge < -0.3 is 4.74 Å². The monoisotopic (exact) mass is 313 g/mol. The van der Waals surface area contributed by atoms with Crippen molar-refractivity contribution in [2.75, 3.05) is 11.8 Å². The normalized spacial score (nSPS) is 16.1. The lowest BCUT2D eigenvalue weighted by Crippen LogP contribution is -2.35. The van der Waals surface area contributed by atoms with E-state index in [1.165, 1.54) is 13.3 Å². The van der Waals surface area contributed by atoms with Crippen molar-refractivity contribution in [3.05, 3.63) is 18.0 Å². The molecule has 0 aliphatic heterocycles. The Labute approximate surface area is 124 Å². The smallest absolute Gasteiger partial charge is 0.317 e. The Kier molecular flexibility index (Phi) is 4.18. The molecule has 1 saturated carbocycles. The molecule has 7 nitrogen and oxygen atoms in total. The zero-order valence-electron chi connectivity index (χ0n) is 12.3. The Bertz CT molecular complexity index is 639. The predicted octanol–water partition coefficient (Wildman–Crippen LogP) is 1.22. The first-order valence-electron chi connectivity index (χ1n) is 6.71. The molecule has 0 spiro atoms. The number of carbonyl (C=O) groups excluding carboxylic acids is 1. The van der Waals surface area contributed by atoms with Crippen molar-refractivity contribution in [1.82, 2.24) is 9.97 Å². The van der Waals surface area contributed by atoms with E-state index in [9.17, 15) is 13.2 Å². The number of rotatable bonds is 5. The molecule has 0 unspecified atom stereocenters. The summed E-state index contributed by atoms with van der Waals surface area (Å²) in [5, 5.41) is -0.377. The highest BCUT2D eigenvalue weighted by atomic mass is 32.2. The minimum absolute atomic E-state index is 0.0172. The second kappa shape index (κ2) is 5.59. The molecule has 1 aliphatic rings. The first-order valence-corrected chi connectivity index (χ1v) is 8.25. The quantitative estimate of drug-likeness (QED) is 0.821. The number of esters is 1. The van der Waals surface area contributed by atoms with E-state index in [0.29, 0.717) is 18.5 Å². The molecule has 1 aromatic rings. The maximum absolute atomic E-state index is 12.1. The van der Waals surface area contributed by atoms with Crippen LogP contribution in [-0.2, 0) is 25.0 Å². The fraction of sp³-hybridized carbons (Fsp3) is 0.615. The number of hydrogen-bond acceptors (Lipinski definition) is 6. The van der Waals surface area contributed by atoms with Crippen LogP contribution in [0.15, 0.2) is 12.3 Å². The number of methoxy groups -OCH3 is 1. The van der Waals surface area contributed by atoms with Crippen molar-refractivity contribution in [2.24, 2.45) is 0 Å². The summed E-state index contributed by atoms with van der Waals surface area (Å²) in [6.07, 6.45) is 3.65. The SMILES string of the molecule is COC(=O)C(C)(C)c1ccnc(NS(=O)(=O)C2CCC2)n1. The number of sulfonamides is 1. The summed E-state index contributed by atoms with van der Waals surface area (Å²) in [5.74, 6) is -0.467. The summed E-state index contributed by atoms with van der Waals surface area (Å²) in [6, 6.07) is 1.57. The van der Waals surface area contributed by atoms with Crippen LogP contribution in [0, 0.1) is 0 Å². The van der Waals surface area contributed by atoms with Gasteiger partial charge in [0.1, 0.15) is 5.41 Å². The zero-order valence-corrected chi connectivity index (χ0v) is 13.1. The van der Waals surface area contributed by atoms with Crippen molar-refractivity contribution < 1.29 is 17.9 Å². The van der Waals surface area contributed by atoms with Crippen LogP contribution in [0.3, 0.4) is 0 Å². The van der Waals surface area contributed by atoms with Crippen molar-refractivity contribution in [3.63, 3.8) is 0 Å². The molecule has 1 N–H and O–H groups in total. The second-order valence-electron chi connectivity index (χ2n) is 5.58. The first-order chi connectivity index (χ1) is 9.77. The molecule has 0 saturated heterocycles. The molecule has 1 aliphatic carbocycles. The number of nitrogens with one attached hydrogen (secondary N) is 1. The van der Waals surface area contributed by atoms with E-state index in [1.807, 2.05) is 0 Å². The van der Waals surface area contributed by atoms with Gasteiger partial charge in [0, 0.05) is 6.20 Å². The number of anilines is 1. The molecule has 1 heterocycles. The molecule has 1 aromatic heterocycles. The van der Waals surface area contributed by atoms with Crippen molar-refractivity contribution in [3.8, 4) is 0 Å². The minimum atomic E-state index is -3.46. The van der Waals surface area contributed by atoms with Gasteiger partial charge >= 0.3 is 5.97 Å². The van der Waals surface area contributed by atoms with Gasteiger partial charge in [-0.2, -0.15) is 0 Å². The molecule has 1 fully saturated rings. The molecule has 116 valence electrons. The Morgan fingerprint density at radius 1 is 1.43 bits per heavy atom. The highest BCUT2D eigenvalue weighted by Gasteiger charge is 2.34. The Balaban J connectivity index is 2.24. The fourth-order valence-electron chi connectivity index (χ4n) is 2.01. The lowest BCUT2D eigenvalue weighted by atomic mass is 9.89. The number of aromatic nitrogens is 2. The van der Waals surface area contributed by atoms with Crippen LogP contribution in [0.2, 0.25) is 0 Å². The van der Waals surface area contributed by atoms with Crippen molar-refractivity contribution in [2.45, 2.75) is 43.8 Å². The van der Waals surface area contributed by atoms with Gasteiger partial charge in [0.2, 0.25) is 16.0 Å². The Hall–Kier alpha value is -1.70. The lowest BCUT2D eigenvalue weighted by Gasteiger charge is -2.25. The molecule has 0 aromatic carbocycles. The summed E-state index contributed by atoms with van der Waals surface area (Å²) >= 11 is 0. The van der Waals surface area contributed by atoms with Gasteiger partial charge in [-0.1, -0.05) is 6.42 Å². The maximum Gasteiger partial charge on any atom is 0.317 e. The number of carbonyl (C=O) groups is 1. The van der Waals surface area contributed by atoms with E-state index >= 15 is 0 Å². The molecule has 0 radical (unpaired) electrons. The highest BCUT2D eigenvalue weighted by Crippen LogP contribution is 2.27. The van der Waals surface area contributed by atoms with Crippen molar-refractivity contribution in [1.29, 1.82) is 0 Å². The predicted molar refractivity (Wildman–Crippen MR) is 77.3 cm³/mol. The highest BCUT2D eigenvalue weighted by molar-refractivity contribution is 7.93. The third-order valence-corrected chi connectivity index (χ3v) is 5.53. The van der Waals surface area contributed by atoms with Gasteiger partial charge in [0.25, 0.3) is 0 Å². The largest absolute Gasteiger partial charge is 0.468 e. The third-order valence-electron chi connectivity index (χ3n) is 3.72. The minimum Gasteiger partial charge on any atom is -0.468 e. The van der Waals surface area contributed by atoms with Gasteiger partial charge in [0.05, 0.1) is 18.1 Å². The molecular weight excluding hydrogens is 294 g/mol. The molecule has 0 atom stereocenters. The molecule has 8 heteroatoms. The molecule has 21 heavy (non-hydrogen) atoms. The fourth-order valence-corrected chi connectivity index (χ4v) is 3.48. The van der Waals surface area contributed by atoms with Gasteiger partial charge in [0.15, 0.2) is 0 Å². The Morgan fingerprint density at radius 2 is 2.10 bits per heavy atom. The van der Waals surface area contributed by atoms with Crippen LogP contribution >= 0.6 is 0 Å². The first kappa shape index (κ1) is 15.7. The van der Waals surface area contributed by atoms with E-state index in [4.69, 9.17) is 4.74 Å². The molecule has 0 amide bonds. The zero-order chi connectivity index (χ0) is 15.7. The van der Waals surface area contributed by atoms with Crippen molar-refractivity contribution >= 4 is 21.9 Å². The van der Waals surface area contributed by atoms with Gasteiger partial charge in [-0.15, -0.1) is 0 Å². The molecule has 0 bridgehead atoms. The van der Waals surface area contributed by atoms with Gasteiger partial charge in [-0.25, -0.2) is 18.4 Å². The van der Waals surface area contributed by atoms with E-state index in [-0.39, 0.29) is 11.2 Å². The van der Waals surface area contributed by atoms with E-state index in [0.717, 1.165) is 6.42 Å². The summed E-state index contributed by atoms with van der Waals surface area (Å²) in [4.78, 5) is 19.8. The van der Waals surface area contributed by atoms with Crippen LogP contribution in [-0.4, -0.2) is 36.7 Å². The number of nitrogens with zero attached hydrogens (tertiary/aromatic N) is 2. The summed E-state index contributed by atoms with van der Waals surface area (Å²) in [5.41, 5.74) is -0.579. The summed E-state index contributed by atoms with van der Waals surface area (Å²) < 4.78 is 31.2. The second-order valence-corrected chi connectivity index (χ2v) is 7.54. The van der Waals surface area contributed by atoms with E-state index in [2.05, 4.69) is 14.7 Å². The van der Waals surface area contributed by atoms with E-state index < -0.39 is 21.4 Å². The molecule has 2 rings (SSSR count). The topological polar surface area (TPSA) is 98.2 Å². The third kappa shape index (κ3) is 3.15.